The third-order valence-corrected chi connectivity index (χ3v) is 5.20. The SMILES string of the molecule is CCC1(CC)CN=C(Nc2ccc(C)cc2F)SC1. The van der Waals surface area contributed by atoms with Crippen molar-refractivity contribution in [2.75, 3.05) is 17.6 Å². The van der Waals surface area contributed by atoms with Crippen molar-refractivity contribution in [2.45, 2.75) is 33.6 Å². The Morgan fingerprint density at radius 3 is 2.63 bits per heavy atom. The molecule has 0 spiro atoms. The van der Waals surface area contributed by atoms with Crippen LogP contribution in [0.2, 0.25) is 0 Å². The van der Waals surface area contributed by atoms with E-state index in [0.29, 0.717) is 11.1 Å². The zero-order chi connectivity index (χ0) is 13.9. The number of nitrogens with one attached hydrogen (secondary N) is 1. The topological polar surface area (TPSA) is 24.4 Å². The summed E-state index contributed by atoms with van der Waals surface area (Å²) in [6.07, 6.45) is 2.29. The molecule has 4 heteroatoms. The summed E-state index contributed by atoms with van der Waals surface area (Å²) in [5.41, 5.74) is 1.76. The molecule has 0 unspecified atom stereocenters. The van der Waals surface area contributed by atoms with Crippen molar-refractivity contribution in [2.24, 2.45) is 10.4 Å². The summed E-state index contributed by atoms with van der Waals surface area (Å²) >= 11 is 1.70. The molecule has 0 aromatic heterocycles. The van der Waals surface area contributed by atoms with Gasteiger partial charge in [-0.2, -0.15) is 0 Å². The normalized spacial score (nSPS) is 18.0. The summed E-state index contributed by atoms with van der Waals surface area (Å²) in [4.78, 5) is 4.59. The summed E-state index contributed by atoms with van der Waals surface area (Å²) in [7, 11) is 0. The number of hydrogen-bond acceptors (Lipinski definition) is 3. The zero-order valence-corrected chi connectivity index (χ0v) is 12.6. The van der Waals surface area contributed by atoms with Gasteiger partial charge in [0.05, 0.1) is 5.69 Å². The largest absolute Gasteiger partial charge is 0.333 e. The van der Waals surface area contributed by atoms with Crippen molar-refractivity contribution < 1.29 is 4.39 Å². The average Bonchev–Trinajstić information content (AvgIpc) is 2.43. The van der Waals surface area contributed by atoms with Gasteiger partial charge in [0.25, 0.3) is 0 Å². The number of aliphatic imine (C=N–C) groups is 1. The maximum absolute atomic E-state index is 13.8. The van der Waals surface area contributed by atoms with Gasteiger partial charge in [0.1, 0.15) is 5.82 Å². The Labute approximate surface area is 118 Å². The highest BCUT2D eigenvalue weighted by atomic mass is 32.2. The van der Waals surface area contributed by atoms with Gasteiger partial charge >= 0.3 is 0 Å². The lowest BCUT2D eigenvalue weighted by molar-refractivity contribution is 0.318. The number of nitrogens with zero attached hydrogens (tertiary/aromatic N) is 1. The molecular weight excluding hydrogens is 259 g/mol. The van der Waals surface area contributed by atoms with Crippen LogP contribution in [0.5, 0.6) is 0 Å². The van der Waals surface area contributed by atoms with Crippen LogP contribution in [0.1, 0.15) is 32.3 Å². The van der Waals surface area contributed by atoms with E-state index in [1.807, 2.05) is 13.0 Å². The van der Waals surface area contributed by atoms with Gasteiger partial charge in [-0.05, 0) is 42.9 Å². The molecule has 1 heterocycles. The number of rotatable bonds is 3. The minimum absolute atomic E-state index is 0.217. The van der Waals surface area contributed by atoms with E-state index in [1.165, 1.54) is 0 Å². The van der Waals surface area contributed by atoms with Crippen LogP contribution in [0.25, 0.3) is 0 Å². The van der Waals surface area contributed by atoms with Crippen LogP contribution in [-0.4, -0.2) is 17.5 Å². The Balaban J connectivity index is 2.07. The first-order valence-electron chi connectivity index (χ1n) is 6.79. The summed E-state index contributed by atoms with van der Waals surface area (Å²) in [5.74, 6) is 0.838. The molecule has 1 aromatic carbocycles. The van der Waals surface area contributed by atoms with Gasteiger partial charge in [0.15, 0.2) is 5.17 Å². The van der Waals surface area contributed by atoms with E-state index < -0.39 is 0 Å². The van der Waals surface area contributed by atoms with Crippen LogP contribution in [0.3, 0.4) is 0 Å². The van der Waals surface area contributed by atoms with E-state index in [9.17, 15) is 4.39 Å². The molecule has 1 N–H and O–H groups in total. The fourth-order valence-electron chi connectivity index (χ4n) is 2.14. The van der Waals surface area contributed by atoms with Crippen molar-refractivity contribution in [3.8, 4) is 0 Å². The molecular formula is C15H21FN2S. The molecule has 0 fully saturated rings. The van der Waals surface area contributed by atoms with Crippen molar-refractivity contribution in [3.63, 3.8) is 0 Å². The van der Waals surface area contributed by atoms with E-state index in [4.69, 9.17) is 0 Å². The predicted octanol–water partition coefficient (Wildman–Crippen LogP) is 4.46. The van der Waals surface area contributed by atoms with E-state index in [1.54, 1.807) is 23.9 Å². The highest BCUT2D eigenvalue weighted by molar-refractivity contribution is 8.14. The lowest BCUT2D eigenvalue weighted by Gasteiger charge is -2.33. The molecule has 0 atom stereocenters. The van der Waals surface area contributed by atoms with Gasteiger partial charge in [-0.15, -0.1) is 0 Å². The minimum atomic E-state index is -0.217. The van der Waals surface area contributed by atoms with Crippen LogP contribution in [0.4, 0.5) is 10.1 Å². The molecule has 0 radical (unpaired) electrons. The molecule has 2 nitrogen and oxygen atoms in total. The van der Waals surface area contributed by atoms with Crippen molar-refractivity contribution in [3.05, 3.63) is 29.6 Å². The van der Waals surface area contributed by atoms with E-state index in [0.717, 1.165) is 35.9 Å². The molecule has 0 saturated heterocycles. The monoisotopic (exact) mass is 280 g/mol. The van der Waals surface area contributed by atoms with E-state index in [-0.39, 0.29) is 5.82 Å². The van der Waals surface area contributed by atoms with Crippen LogP contribution in [0.15, 0.2) is 23.2 Å². The van der Waals surface area contributed by atoms with Crippen molar-refractivity contribution >= 4 is 22.6 Å². The molecule has 0 amide bonds. The molecule has 1 aliphatic rings. The summed E-state index contributed by atoms with van der Waals surface area (Å²) in [5, 5.41) is 3.93. The molecule has 104 valence electrons. The first kappa shape index (κ1) is 14.4. The number of halogens is 1. The molecule has 0 saturated carbocycles. The van der Waals surface area contributed by atoms with Gasteiger partial charge in [0.2, 0.25) is 0 Å². The quantitative estimate of drug-likeness (QED) is 0.884. The minimum Gasteiger partial charge on any atom is -0.333 e. The van der Waals surface area contributed by atoms with Gasteiger partial charge < -0.3 is 5.32 Å². The fourth-order valence-corrected chi connectivity index (χ4v) is 3.42. The van der Waals surface area contributed by atoms with Gasteiger partial charge in [-0.1, -0.05) is 31.7 Å². The number of aryl methyl sites for hydroxylation is 1. The Morgan fingerprint density at radius 2 is 2.11 bits per heavy atom. The molecule has 1 aromatic rings. The first-order valence-corrected chi connectivity index (χ1v) is 7.77. The summed E-state index contributed by atoms with van der Waals surface area (Å²) in [6, 6.07) is 5.22. The van der Waals surface area contributed by atoms with Gasteiger partial charge in [0, 0.05) is 12.3 Å². The predicted molar refractivity (Wildman–Crippen MR) is 82.5 cm³/mol. The number of hydrogen-bond donors (Lipinski definition) is 1. The lowest BCUT2D eigenvalue weighted by atomic mass is 9.84. The second-order valence-electron chi connectivity index (χ2n) is 5.23. The average molecular weight is 280 g/mol. The molecule has 0 bridgehead atoms. The number of anilines is 1. The lowest BCUT2D eigenvalue weighted by Crippen LogP contribution is -2.32. The summed E-state index contributed by atoms with van der Waals surface area (Å²) in [6.45, 7) is 7.16. The number of benzene rings is 1. The van der Waals surface area contributed by atoms with Crippen LogP contribution in [-0.2, 0) is 0 Å². The molecule has 2 rings (SSSR count). The van der Waals surface area contributed by atoms with Crippen LogP contribution in [0, 0.1) is 18.2 Å². The third kappa shape index (κ3) is 3.30. The van der Waals surface area contributed by atoms with Crippen molar-refractivity contribution in [1.82, 2.24) is 0 Å². The van der Waals surface area contributed by atoms with E-state index in [2.05, 4.69) is 24.2 Å². The standard InChI is InChI=1S/C15H21FN2S/c1-4-15(5-2)9-17-14(19-10-15)18-13-7-6-11(3)8-12(13)16/h6-8H,4-5,9-10H2,1-3H3,(H,17,18). The van der Waals surface area contributed by atoms with Crippen LogP contribution < -0.4 is 5.32 Å². The van der Waals surface area contributed by atoms with Gasteiger partial charge in [-0.25, -0.2) is 4.39 Å². The van der Waals surface area contributed by atoms with Crippen LogP contribution >= 0.6 is 11.8 Å². The maximum atomic E-state index is 13.8. The second kappa shape index (κ2) is 5.95. The number of amidine groups is 1. The Kier molecular flexibility index (Phi) is 4.50. The zero-order valence-electron chi connectivity index (χ0n) is 11.8. The first-order chi connectivity index (χ1) is 9.08. The highest BCUT2D eigenvalue weighted by Gasteiger charge is 2.30. The van der Waals surface area contributed by atoms with Gasteiger partial charge in [-0.3, -0.25) is 4.99 Å². The van der Waals surface area contributed by atoms with E-state index >= 15 is 0 Å². The Morgan fingerprint density at radius 1 is 1.37 bits per heavy atom. The Bertz CT molecular complexity index is 481. The smallest absolute Gasteiger partial charge is 0.161 e. The highest BCUT2D eigenvalue weighted by Crippen LogP contribution is 2.35. The Hall–Kier alpha value is -1.03. The fraction of sp³-hybridized carbons (Fsp3) is 0.533. The molecule has 19 heavy (non-hydrogen) atoms. The summed E-state index contributed by atoms with van der Waals surface area (Å²) < 4.78 is 13.8. The third-order valence-electron chi connectivity index (χ3n) is 3.94. The molecule has 1 aliphatic heterocycles. The molecule has 0 aliphatic carbocycles. The maximum Gasteiger partial charge on any atom is 0.161 e. The number of thioether (sulfide) groups is 1. The van der Waals surface area contributed by atoms with Crippen molar-refractivity contribution in [1.29, 1.82) is 0 Å². The second-order valence-corrected chi connectivity index (χ2v) is 6.19.